The third kappa shape index (κ3) is 2.99. The van der Waals surface area contributed by atoms with Crippen LogP contribution in [0.15, 0.2) is 22.9 Å². The van der Waals surface area contributed by atoms with Gasteiger partial charge in [0, 0.05) is 30.6 Å². The van der Waals surface area contributed by atoms with Crippen LogP contribution in [0, 0.1) is 5.92 Å². The molecule has 0 aromatic carbocycles. The summed E-state index contributed by atoms with van der Waals surface area (Å²) in [6.07, 6.45) is 5.76. The van der Waals surface area contributed by atoms with E-state index in [4.69, 9.17) is 9.15 Å². The summed E-state index contributed by atoms with van der Waals surface area (Å²) in [5, 5.41) is 4.21. The Hall–Kier alpha value is -2.12. The lowest BCUT2D eigenvalue weighted by molar-refractivity contribution is 0.0216. The highest BCUT2D eigenvalue weighted by atomic mass is 16.5. The molecule has 27 heavy (non-hydrogen) atoms. The number of nitrogens with one attached hydrogen (secondary N) is 1. The monoisotopic (exact) mass is 370 g/mol. The van der Waals surface area contributed by atoms with Gasteiger partial charge in [0.05, 0.1) is 25.1 Å². The van der Waals surface area contributed by atoms with E-state index in [9.17, 15) is 4.79 Å². The van der Waals surface area contributed by atoms with Crippen molar-refractivity contribution in [3.05, 3.63) is 24.2 Å². The first kappa shape index (κ1) is 17.0. The number of carbonyl (C=O) groups excluding carboxylic acids is 1. The van der Waals surface area contributed by atoms with Crippen molar-refractivity contribution in [3.63, 3.8) is 0 Å². The van der Waals surface area contributed by atoms with Crippen LogP contribution in [0.5, 0.6) is 0 Å². The number of amides is 1. The number of furan rings is 1. The molecule has 0 radical (unpaired) electrons. The molecule has 1 N–H and O–H groups in total. The molecule has 7 nitrogen and oxygen atoms in total. The molecular weight excluding hydrogens is 344 g/mol. The molecular formula is C20H26N4O3. The van der Waals surface area contributed by atoms with Crippen LogP contribution in [0.2, 0.25) is 0 Å². The number of piperidine rings is 3. The lowest BCUT2D eigenvalue weighted by atomic mass is 9.79. The number of aromatic nitrogens is 1. The fraction of sp³-hybridized carbons (Fsp3) is 0.600. The number of hydrogen-bond acceptors (Lipinski definition) is 6. The first-order chi connectivity index (χ1) is 13.2. The first-order valence-electron chi connectivity index (χ1n) is 9.95. The fourth-order valence-electron chi connectivity index (χ4n) is 4.86. The third-order valence-electron chi connectivity index (χ3n) is 6.50. The summed E-state index contributed by atoms with van der Waals surface area (Å²) in [6, 6.07) is 2.47. The molecule has 4 aliphatic heterocycles. The van der Waals surface area contributed by atoms with Crippen molar-refractivity contribution in [2.45, 2.75) is 31.8 Å². The maximum Gasteiger partial charge on any atom is 0.270 e. The van der Waals surface area contributed by atoms with Gasteiger partial charge in [0.2, 0.25) is 0 Å². The van der Waals surface area contributed by atoms with Gasteiger partial charge in [0.1, 0.15) is 12.0 Å². The third-order valence-corrected chi connectivity index (χ3v) is 6.50. The molecule has 2 aromatic rings. The molecule has 2 bridgehead atoms. The van der Waals surface area contributed by atoms with Crippen LogP contribution in [-0.2, 0) is 4.74 Å². The summed E-state index contributed by atoms with van der Waals surface area (Å²) in [6.45, 7) is 7.61. The molecule has 4 aliphatic rings. The molecule has 4 fully saturated rings. The van der Waals surface area contributed by atoms with Crippen LogP contribution in [-0.4, -0.2) is 67.3 Å². The zero-order valence-corrected chi connectivity index (χ0v) is 15.7. The number of morpholine rings is 1. The van der Waals surface area contributed by atoms with Gasteiger partial charge in [-0.25, -0.2) is 4.98 Å². The molecule has 0 spiro atoms. The van der Waals surface area contributed by atoms with E-state index in [1.165, 1.54) is 12.8 Å². The van der Waals surface area contributed by atoms with E-state index in [1.54, 1.807) is 12.5 Å². The maximum absolute atomic E-state index is 12.9. The van der Waals surface area contributed by atoms with Crippen molar-refractivity contribution in [1.29, 1.82) is 0 Å². The lowest BCUT2D eigenvalue weighted by Crippen LogP contribution is -2.62. The van der Waals surface area contributed by atoms with Crippen molar-refractivity contribution in [2.75, 3.05) is 44.3 Å². The number of anilines is 1. The van der Waals surface area contributed by atoms with Crippen LogP contribution < -0.4 is 10.2 Å². The summed E-state index contributed by atoms with van der Waals surface area (Å²) in [7, 11) is 0. The smallest absolute Gasteiger partial charge is 0.270 e. The molecule has 144 valence electrons. The second kappa shape index (κ2) is 6.80. The van der Waals surface area contributed by atoms with Gasteiger partial charge in [-0.15, -0.1) is 0 Å². The molecule has 2 unspecified atom stereocenters. The van der Waals surface area contributed by atoms with E-state index in [-0.39, 0.29) is 11.9 Å². The Kier molecular flexibility index (Phi) is 4.28. The van der Waals surface area contributed by atoms with Gasteiger partial charge < -0.3 is 19.4 Å². The molecule has 2 aromatic heterocycles. The van der Waals surface area contributed by atoms with E-state index >= 15 is 0 Å². The Morgan fingerprint density at radius 3 is 2.74 bits per heavy atom. The SMILES string of the molecule is CC1C(NC(=O)c2cc3c(N4CCOCC4)coc3cn2)C2CCN1CC2. The minimum atomic E-state index is -0.0865. The number of fused-ring (bicyclic) bond motifs is 4. The van der Waals surface area contributed by atoms with E-state index < -0.39 is 0 Å². The predicted octanol–water partition coefficient (Wildman–Crippen LogP) is 1.88. The summed E-state index contributed by atoms with van der Waals surface area (Å²) in [4.78, 5) is 22.0. The van der Waals surface area contributed by atoms with Gasteiger partial charge in [0.15, 0.2) is 5.58 Å². The molecule has 1 amide bonds. The van der Waals surface area contributed by atoms with Gasteiger partial charge in [0.25, 0.3) is 5.91 Å². The summed E-state index contributed by atoms with van der Waals surface area (Å²) >= 11 is 0. The summed E-state index contributed by atoms with van der Waals surface area (Å²) in [5.41, 5.74) is 2.19. The quantitative estimate of drug-likeness (QED) is 0.890. The lowest BCUT2D eigenvalue weighted by Gasteiger charge is -2.49. The second-order valence-electron chi connectivity index (χ2n) is 7.90. The summed E-state index contributed by atoms with van der Waals surface area (Å²) in [5.74, 6) is 0.493. The Bertz CT molecular complexity index is 835. The van der Waals surface area contributed by atoms with E-state index in [0.717, 1.165) is 37.3 Å². The average Bonchev–Trinajstić information content (AvgIpc) is 3.15. The van der Waals surface area contributed by atoms with E-state index in [0.29, 0.717) is 36.5 Å². The Labute approximate surface area is 158 Å². The van der Waals surface area contributed by atoms with Gasteiger partial charge in [-0.2, -0.15) is 0 Å². The number of ether oxygens (including phenoxy) is 1. The zero-order chi connectivity index (χ0) is 18.4. The first-order valence-corrected chi connectivity index (χ1v) is 9.95. The van der Waals surface area contributed by atoms with Crippen LogP contribution >= 0.6 is 0 Å². The Morgan fingerprint density at radius 1 is 1.22 bits per heavy atom. The summed E-state index contributed by atoms with van der Waals surface area (Å²) < 4.78 is 11.1. The van der Waals surface area contributed by atoms with Crippen LogP contribution in [0.4, 0.5) is 5.69 Å². The zero-order valence-electron chi connectivity index (χ0n) is 15.7. The van der Waals surface area contributed by atoms with Gasteiger partial charge in [-0.05, 0) is 44.8 Å². The highest BCUT2D eigenvalue weighted by Gasteiger charge is 2.40. The van der Waals surface area contributed by atoms with Crippen molar-refractivity contribution in [1.82, 2.24) is 15.2 Å². The van der Waals surface area contributed by atoms with Crippen LogP contribution in [0.3, 0.4) is 0 Å². The molecule has 4 saturated heterocycles. The standard InChI is InChI=1S/C20H26N4O3/c1-13-19(14-2-4-23(13)5-3-14)22-20(25)16-10-15-17(12-27-18(15)11-21-16)24-6-8-26-9-7-24/h10-14,19H,2-9H2,1H3,(H,22,25). The minimum Gasteiger partial charge on any atom is -0.460 e. The van der Waals surface area contributed by atoms with Crippen molar-refractivity contribution < 1.29 is 13.9 Å². The van der Waals surface area contributed by atoms with Gasteiger partial charge in [-0.3, -0.25) is 9.69 Å². The predicted molar refractivity (Wildman–Crippen MR) is 102 cm³/mol. The number of hydrogen-bond donors (Lipinski definition) is 1. The largest absolute Gasteiger partial charge is 0.460 e. The Balaban J connectivity index is 1.38. The number of pyridine rings is 1. The number of carbonyl (C=O) groups is 1. The molecule has 6 rings (SSSR count). The molecule has 0 aliphatic carbocycles. The minimum absolute atomic E-state index is 0.0865. The van der Waals surface area contributed by atoms with Gasteiger partial charge in [-0.1, -0.05) is 0 Å². The Morgan fingerprint density at radius 2 is 2.00 bits per heavy atom. The molecule has 0 saturated carbocycles. The molecule has 7 heteroatoms. The second-order valence-corrected chi connectivity index (χ2v) is 7.90. The van der Waals surface area contributed by atoms with Crippen molar-refractivity contribution in [2.24, 2.45) is 5.92 Å². The number of rotatable bonds is 3. The normalized spacial score (nSPS) is 30.6. The number of nitrogens with zero attached hydrogens (tertiary/aromatic N) is 3. The molecule has 6 heterocycles. The fourth-order valence-corrected chi connectivity index (χ4v) is 4.86. The average molecular weight is 370 g/mol. The molecule has 2 atom stereocenters. The highest BCUT2D eigenvalue weighted by molar-refractivity contribution is 5.99. The van der Waals surface area contributed by atoms with Crippen LogP contribution in [0.1, 0.15) is 30.3 Å². The van der Waals surface area contributed by atoms with E-state index in [1.807, 2.05) is 6.07 Å². The van der Waals surface area contributed by atoms with Crippen molar-refractivity contribution in [3.8, 4) is 0 Å². The van der Waals surface area contributed by atoms with Gasteiger partial charge >= 0.3 is 0 Å². The highest BCUT2D eigenvalue weighted by Crippen LogP contribution is 2.33. The van der Waals surface area contributed by atoms with Crippen LogP contribution in [0.25, 0.3) is 11.0 Å². The van der Waals surface area contributed by atoms with E-state index in [2.05, 4.69) is 27.0 Å². The maximum atomic E-state index is 12.9. The topological polar surface area (TPSA) is 70.8 Å². The van der Waals surface area contributed by atoms with Crippen molar-refractivity contribution >= 4 is 22.6 Å².